The van der Waals surface area contributed by atoms with Gasteiger partial charge in [0.05, 0.1) is 0 Å². The summed E-state index contributed by atoms with van der Waals surface area (Å²) in [5.41, 5.74) is 3.04. The third-order valence-electron chi connectivity index (χ3n) is 4.39. The van der Waals surface area contributed by atoms with Gasteiger partial charge in [-0.05, 0) is 61.9 Å². The van der Waals surface area contributed by atoms with E-state index < -0.39 is 0 Å². The quantitative estimate of drug-likeness (QED) is 0.876. The van der Waals surface area contributed by atoms with Gasteiger partial charge in [0.25, 0.3) is 0 Å². The lowest BCUT2D eigenvalue weighted by Gasteiger charge is -2.25. The second-order valence-corrected chi connectivity index (χ2v) is 7.21. The van der Waals surface area contributed by atoms with Gasteiger partial charge in [0, 0.05) is 6.04 Å². The van der Waals surface area contributed by atoms with Crippen LogP contribution < -0.4 is 10.6 Å². The van der Waals surface area contributed by atoms with Gasteiger partial charge < -0.3 is 10.6 Å². The molecule has 1 aliphatic rings. The molecule has 2 unspecified atom stereocenters. The SMILES string of the molecule is CC(NCC1CCCNC1)c1ccc(C(C)(C)C)cc1. The molecular weight excluding hydrogens is 244 g/mol. The molecule has 2 nitrogen and oxygen atoms in total. The van der Waals surface area contributed by atoms with Crippen LogP contribution in [0.15, 0.2) is 24.3 Å². The number of hydrogen-bond acceptors (Lipinski definition) is 2. The number of hydrogen-bond donors (Lipinski definition) is 2. The number of piperidine rings is 1. The third-order valence-corrected chi connectivity index (χ3v) is 4.39. The first-order valence-corrected chi connectivity index (χ1v) is 8.01. The summed E-state index contributed by atoms with van der Waals surface area (Å²) < 4.78 is 0. The minimum Gasteiger partial charge on any atom is -0.316 e. The van der Waals surface area contributed by atoms with E-state index in [4.69, 9.17) is 0 Å². The maximum Gasteiger partial charge on any atom is 0.0291 e. The zero-order valence-electron chi connectivity index (χ0n) is 13.5. The second kappa shape index (κ2) is 6.73. The summed E-state index contributed by atoms with van der Waals surface area (Å²) in [6.07, 6.45) is 2.68. The highest BCUT2D eigenvalue weighted by Gasteiger charge is 2.16. The van der Waals surface area contributed by atoms with Gasteiger partial charge in [-0.15, -0.1) is 0 Å². The summed E-state index contributed by atoms with van der Waals surface area (Å²) in [6, 6.07) is 9.53. The Labute approximate surface area is 124 Å². The average molecular weight is 274 g/mol. The highest BCUT2D eigenvalue weighted by Crippen LogP contribution is 2.24. The Kier molecular flexibility index (Phi) is 5.22. The van der Waals surface area contributed by atoms with Crippen molar-refractivity contribution in [1.82, 2.24) is 10.6 Å². The first-order valence-electron chi connectivity index (χ1n) is 8.01. The van der Waals surface area contributed by atoms with Gasteiger partial charge in [0.2, 0.25) is 0 Å². The molecule has 1 saturated heterocycles. The summed E-state index contributed by atoms with van der Waals surface area (Å²) >= 11 is 0. The van der Waals surface area contributed by atoms with Crippen molar-refractivity contribution < 1.29 is 0 Å². The largest absolute Gasteiger partial charge is 0.316 e. The molecule has 1 heterocycles. The highest BCUT2D eigenvalue weighted by atomic mass is 14.9. The highest BCUT2D eigenvalue weighted by molar-refractivity contribution is 5.29. The maximum atomic E-state index is 3.69. The van der Waals surface area contributed by atoms with Crippen LogP contribution in [0.25, 0.3) is 0 Å². The van der Waals surface area contributed by atoms with Crippen molar-refractivity contribution in [3.8, 4) is 0 Å². The number of nitrogens with one attached hydrogen (secondary N) is 2. The molecule has 2 N–H and O–H groups in total. The minimum atomic E-state index is 0.239. The predicted octanol–water partition coefficient (Wildman–Crippen LogP) is 3.63. The van der Waals surface area contributed by atoms with Gasteiger partial charge in [-0.3, -0.25) is 0 Å². The van der Waals surface area contributed by atoms with Crippen molar-refractivity contribution in [3.63, 3.8) is 0 Å². The van der Waals surface area contributed by atoms with Crippen LogP contribution in [0.3, 0.4) is 0 Å². The molecule has 0 aromatic heterocycles. The van der Waals surface area contributed by atoms with E-state index in [-0.39, 0.29) is 5.41 Å². The van der Waals surface area contributed by atoms with E-state index in [0.29, 0.717) is 6.04 Å². The Morgan fingerprint density at radius 3 is 2.50 bits per heavy atom. The molecule has 112 valence electrons. The molecule has 1 aromatic rings. The van der Waals surface area contributed by atoms with Gasteiger partial charge in [0.1, 0.15) is 0 Å². The average Bonchev–Trinajstić information content (AvgIpc) is 2.45. The fourth-order valence-electron chi connectivity index (χ4n) is 2.83. The van der Waals surface area contributed by atoms with E-state index >= 15 is 0 Å². The molecule has 0 saturated carbocycles. The van der Waals surface area contributed by atoms with Crippen LogP contribution in [0.5, 0.6) is 0 Å². The summed E-state index contributed by atoms with van der Waals surface area (Å²) in [4.78, 5) is 0. The van der Waals surface area contributed by atoms with E-state index in [1.165, 1.54) is 37.1 Å². The van der Waals surface area contributed by atoms with Crippen molar-refractivity contribution in [2.45, 2.75) is 52.0 Å². The predicted molar refractivity (Wildman–Crippen MR) is 87.2 cm³/mol. The molecule has 0 bridgehead atoms. The lowest BCUT2D eigenvalue weighted by Crippen LogP contribution is -2.36. The lowest BCUT2D eigenvalue weighted by atomic mass is 9.86. The molecule has 2 atom stereocenters. The van der Waals surface area contributed by atoms with E-state index in [1.54, 1.807) is 0 Å². The van der Waals surface area contributed by atoms with Crippen molar-refractivity contribution in [1.29, 1.82) is 0 Å². The normalized spacial score (nSPS) is 21.7. The van der Waals surface area contributed by atoms with Crippen LogP contribution in [-0.2, 0) is 5.41 Å². The van der Waals surface area contributed by atoms with Crippen LogP contribution in [0, 0.1) is 5.92 Å². The molecular formula is C18H30N2. The maximum absolute atomic E-state index is 3.69. The Morgan fingerprint density at radius 2 is 1.95 bits per heavy atom. The van der Waals surface area contributed by atoms with Gasteiger partial charge in [-0.2, -0.15) is 0 Å². The van der Waals surface area contributed by atoms with Crippen LogP contribution in [-0.4, -0.2) is 19.6 Å². The number of rotatable bonds is 4. The zero-order chi connectivity index (χ0) is 14.6. The van der Waals surface area contributed by atoms with E-state index in [0.717, 1.165) is 12.5 Å². The summed E-state index contributed by atoms with van der Waals surface area (Å²) in [7, 11) is 0. The van der Waals surface area contributed by atoms with Crippen molar-refractivity contribution in [3.05, 3.63) is 35.4 Å². The Bertz CT molecular complexity index is 396. The second-order valence-electron chi connectivity index (χ2n) is 7.21. The first-order chi connectivity index (χ1) is 9.47. The summed E-state index contributed by atoms with van der Waals surface area (Å²) in [6.45, 7) is 12.5. The van der Waals surface area contributed by atoms with Crippen LogP contribution in [0.1, 0.15) is 57.7 Å². The van der Waals surface area contributed by atoms with Gasteiger partial charge >= 0.3 is 0 Å². The fraction of sp³-hybridized carbons (Fsp3) is 0.667. The third kappa shape index (κ3) is 4.32. The van der Waals surface area contributed by atoms with Gasteiger partial charge in [-0.1, -0.05) is 45.0 Å². The smallest absolute Gasteiger partial charge is 0.0291 e. The van der Waals surface area contributed by atoms with Crippen molar-refractivity contribution in [2.75, 3.05) is 19.6 Å². The first kappa shape index (κ1) is 15.5. The standard InChI is InChI=1S/C18H30N2/c1-14(20-13-15-6-5-11-19-12-15)16-7-9-17(10-8-16)18(2,3)4/h7-10,14-15,19-20H,5-6,11-13H2,1-4H3. The number of benzene rings is 1. The topological polar surface area (TPSA) is 24.1 Å². The zero-order valence-corrected chi connectivity index (χ0v) is 13.5. The van der Waals surface area contributed by atoms with Crippen LogP contribution >= 0.6 is 0 Å². The molecule has 20 heavy (non-hydrogen) atoms. The molecule has 1 aliphatic heterocycles. The fourth-order valence-corrected chi connectivity index (χ4v) is 2.83. The van der Waals surface area contributed by atoms with Gasteiger partial charge in [-0.25, -0.2) is 0 Å². The molecule has 1 aromatic carbocycles. The molecule has 2 rings (SSSR count). The molecule has 1 fully saturated rings. The van der Waals surface area contributed by atoms with E-state index in [9.17, 15) is 0 Å². The molecule has 0 amide bonds. The minimum absolute atomic E-state index is 0.239. The van der Waals surface area contributed by atoms with Crippen molar-refractivity contribution in [2.24, 2.45) is 5.92 Å². The molecule has 0 radical (unpaired) electrons. The van der Waals surface area contributed by atoms with Crippen LogP contribution in [0.4, 0.5) is 0 Å². The summed E-state index contributed by atoms with van der Waals surface area (Å²) in [5.74, 6) is 0.792. The molecule has 0 aliphatic carbocycles. The molecule has 0 spiro atoms. The van der Waals surface area contributed by atoms with Gasteiger partial charge in [0.15, 0.2) is 0 Å². The summed E-state index contributed by atoms with van der Waals surface area (Å²) in [5, 5.41) is 7.17. The Balaban J connectivity index is 1.87. The molecule has 2 heteroatoms. The van der Waals surface area contributed by atoms with Crippen molar-refractivity contribution >= 4 is 0 Å². The van der Waals surface area contributed by atoms with E-state index in [1.807, 2.05) is 0 Å². The Hall–Kier alpha value is -0.860. The van der Waals surface area contributed by atoms with Crippen LogP contribution in [0.2, 0.25) is 0 Å². The Morgan fingerprint density at radius 1 is 1.25 bits per heavy atom. The monoisotopic (exact) mass is 274 g/mol. The lowest BCUT2D eigenvalue weighted by molar-refractivity contribution is 0.348. The van der Waals surface area contributed by atoms with E-state index in [2.05, 4.69) is 62.6 Å².